The van der Waals surface area contributed by atoms with Gasteiger partial charge in [0.05, 0.1) is 11.1 Å². The molecule has 1 heteroatoms. The molecule has 276 valence electrons. The molecule has 0 bridgehead atoms. The zero-order chi connectivity index (χ0) is 39.1. The van der Waals surface area contributed by atoms with E-state index in [1.54, 1.807) is 0 Å². The second-order valence-electron chi connectivity index (χ2n) is 21.6. The van der Waals surface area contributed by atoms with Gasteiger partial charge < -0.3 is 0 Å². The Kier molecular flexibility index (Phi) is 9.65. The number of ketones is 1. The van der Waals surface area contributed by atoms with E-state index in [0.717, 1.165) is 16.7 Å². The summed E-state index contributed by atoms with van der Waals surface area (Å²) in [6.07, 6.45) is 4.58. The lowest BCUT2D eigenvalue weighted by Crippen LogP contribution is -2.28. The molecule has 0 heterocycles. The molecule has 0 aromatic heterocycles. The first-order valence-corrected chi connectivity index (χ1v) is 19.4. The Morgan fingerprint density at radius 3 is 0.962 bits per heavy atom. The molecule has 0 spiro atoms. The largest absolute Gasteiger partial charge is 0.347 e. The first-order valence-electron chi connectivity index (χ1n) is 19.4. The van der Waals surface area contributed by atoms with Gasteiger partial charge in [-0.15, -0.1) is 0 Å². The van der Waals surface area contributed by atoms with Crippen molar-refractivity contribution in [3.8, 4) is 22.3 Å². The summed E-state index contributed by atoms with van der Waals surface area (Å²) in [5.41, 5.74) is 16.7. The fourth-order valence-corrected chi connectivity index (χ4v) is 7.73. The Balaban J connectivity index is 2.08. The summed E-state index contributed by atoms with van der Waals surface area (Å²) in [6.45, 7) is 41.1. The van der Waals surface area contributed by atoms with Crippen molar-refractivity contribution in [3.63, 3.8) is 0 Å². The second-order valence-corrected chi connectivity index (χ2v) is 21.6. The zero-order valence-electron chi connectivity index (χ0n) is 35.9. The summed E-state index contributed by atoms with van der Waals surface area (Å²) in [6, 6.07) is 23.8. The highest BCUT2D eigenvalue weighted by Gasteiger charge is 2.40. The predicted octanol–water partition coefficient (Wildman–Crippen LogP) is 14.4. The van der Waals surface area contributed by atoms with E-state index < -0.39 is 0 Å². The Hall–Kier alpha value is -3.71. The van der Waals surface area contributed by atoms with Crippen LogP contribution in [0.5, 0.6) is 0 Å². The Bertz CT molecular complexity index is 1910. The van der Waals surface area contributed by atoms with E-state index in [1.165, 1.54) is 61.2 Å². The molecule has 0 amide bonds. The molecule has 52 heavy (non-hydrogen) atoms. The molecule has 1 nitrogen and oxygen atoms in total. The summed E-state index contributed by atoms with van der Waals surface area (Å²) in [4.78, 5) is 11.9. The molecule has 5 aliphatic rings. The molecule has 5 rings (SSSR count). The first kappa shape index (κ1) is 39.5. The fourth-order valence-electron chi connectivity index (χ4n) is 7.73. The Morgan fingerprint density at radius 1 is 0.385 bits per heavy atom. The molecule has 0 saturated heterocycles. The van der Waals surface area contributed by atoms with Crippen LogP contribution in [0.15, 0.2) is 89.5 Å². The average molecular weight is 696 g/mol. The smallest absolute Gasteiger partial charge is 0.273 e. The van der Waals surface area contributed by atoms with Crippen molar-refractivity contribution in [2.45, 2.75) is 146 Å². The Labute approximate surface area is 317 Å². The number of allylic oxidation sites excluding steroid dienone is 5. The molecular formula is C51H67O+. The van der Waals surface area contributed by atoms with Crippen LogP contribution in [0.25, 0.3) is 27.8 Å². The van der Waals surface area contributed by atoms with Gasteiger partial charge in [0.1, 0.15) is 0 Å². The van der Waals surface area contributed by atoms with Gasteiger partial charge in [0.15, 0.2) is 0 Å². The number of fused-ring (bicyclic) bond motifs is 2. The van der Waals surface area contributed by atoms with Crippen molar-refractivity contribution in [1.29, 1.82) is 0 Å². The van der Waals surface area contributed by atoms with Crippen molar-refractivity contribution >= 4 is 11.4 Å². The average Bonchev–Trinajstić information content (AvgIpc) is 3.29. The highest BCUT2D eigenvalue weighted by molar-refractivity contribution is 6.14. The molecule has 5 aliphatic carbocycles. The van der Waals surface area contributed by atoms with Crippen molar-refractivity contribution in [1.82, 2.24) is 0 Å². The minimum atomic E-state index is -0.261. The summed E-state index contributed by atoms with van der Waals surface area (Å²) in [7, 11) is 0. The molecule has 1 N–H and O–H groups in total. The van der Waals surface area contributed by atoms with Gasteiger partial charge >= 0.3 is 5.78 Å². The van der Waals surface area contributed by atoms with Crippen molar-refractivity contribution in [2.24, 2.45) is 10.8 Å². The van der Waals surface area contributed by atoms with Gasteiger partial charge in [-0.25, -0.2) is 0 Å². The SMILES string of the molecule is CC(C)(C)C1=CC(=C(c2cc(C(C)(C)C)c3ccc(C(C)(C)C)ccc2-3)c2cc(C(C)(C)C)c3ccc(C(C)(C)C)ccc2-3)C=C(C(C)(C)C)C1=[OH+]. The van der Waals surface area contributed by atoms with Crippen LogP contribution in [0, 0.1) is 10.8 Å². The van der Waals surface area contributed by atoms with Crippen molar-refractivity contribution < 1.29 is 4.79 Å². The molecule has 0 atom stereocenters. The highest BCUT2D eigenvalue weighted by atomic mass is 16.1. The van der Waals surface area contributed by atoms with Gasteiger partial charge in [-0.05, 0) is 124 Å². The van der Waals surface area contributed by atoms with Crippen LogP contribution in [-0.2, 0) is 21.7 Å². The molecular weight excluding hydrogens is 629 g/mol. The summed E-state index contributed by atoms with van der Waals surface area (Å²) >= 11 is 0. The molecule has 0 saturated carbocycles. The van der Waals surface area contributed by atoms with Crippen molar-refractivity contribution in [3.05, 3.63) is 123 Å². The number of hydrogen-bond donors (Lipinski definition) is 0. The van der Waals surface area contributed by atoms with E-state index in [1.807, 2.05) is 0 Å². The maximum atomic E-state index is 11.9. The standard InChI is InChI=1S/C51H66O/c1-46(2,3)32-19-23-34-36(25-21-32)40(48(7,8)9)29-38(34)44(31-27-42(50(13,14)15)45(52)43(28-31)51(16,17)18)39-30-41(49(10,11)12)37-26-22-33(47(4,5)6)20-24-35(37)39/h19-30H,1-18H3/p+1. The molecule has 0 aliphatic heterocycles. The maximum Gasteiger partial charge on any atom is 0.347 e. The van der Waals surface area contributed by atoms with Crippen LogP contribution in [0.3, 0.4) is 0 Å². The monoisotopic (exact) mass is 696 g/mol. The van der Waals surface area contributed by atoms with Crippen LogP contribution >= 0.6 is 0 Å². The molecule has 0 aromatic carbocycles. The molecule has 0 fully saturated rings. The van der Waals surface area contributed by atoms with Gasteiger partial charge in [-0.1, -0.05) is 173 Å². The van der Waals surface area contributed by atoms with E-state index >= 15 is 0 Å². The summed E-state index contributed by atoms with van der Waals surface area (Å²) in [5, 5.41) is 0. The summed E-state index contributed by atoms with van der Waals surface area (Å²) in [5.74, 6) is 0.413. The van der Waals surface area contributed by atoms with Gasteiger partial charge in [0.2, 0.25) is 0 Å². The van der Waals surface area contributed by atoms with Crippen LogP contribution in [-0.4, -0.2) is 10.6 Å². The third-order valence-electron chi connectivity index (χ3n) is 10.9. The quantitative estimate of drug-likeness (QED) is 0.186. The van der Waals surface area contributed by atoms with E-state index in [-0.39, 0.29) is 32.5 Å². The van der Waals surface area contributed by atoms with E-state index in [2.05, 4.69) is 197 Å². The molecule has 0 unspecified atom stereocenters. The third kappa shape index (κ3) is 7.53. The first-order chi connectivity index (χ1) is 23.5. The lowest BCUT2D eigenvalue weighted by Gasteiger charge is -2.29. The number of rotatable bonds is 2. The maximum absolute atomic E-state index is 11.9. The van der Waals surface area contributed by atoms with Gasteiger partial charge in [-0.3, -0.25) is 4.79 Å². The van der Waals surface area contributed by atoms with Crippen LogP contribution in [0.1, 0.15) is 158 Å². The fraction of sp³-hybridized carbons (Fsp3) is 0.471. The van der Waals surface area contributed by atoms with Crippen molar-refractivity contribution in [2.75, 3.05) is 0 Å². The minimum Gasteiger partial charge on any atom is -0.273 e. The number of carbonyl (C=O) groups excluding carboxylic acids is 1. The van der Waals surface area contributed by atoms with Gasteiger partial charge in [0.25, 0.3) is 0 Å². The highest BCUT2D eigenvalue weighted by Crippen LogP contribution is 2.51. The van der Waals surface area contributed by atoms with Crippen LogP contribution in [0.4, 0.5) is 0 Å². The zero-order valence-corrected chi connectivity index (χ0v) is 35.9. The molecule has 0 radical (unpaired) electrons. The third-order valence-corrected chi connectivity index (χ3v) is 10.9. The summed E-state index contributed by atoms with van der Waals surface area (Å²) < 4.78 is 0. The van der Waals surface area contributed by atoms with E-state index in [9.17, 15) is 4.79 Å². The predicted molar refractivity (Wildman–Crippen MR) is 229 cm³/mol. The minimum absolute atomic E-state index is 0.0221. The van der Waals surface area contributed by atoms with Gasteiger partial charge in [0, 0.05) is 0 Å². The normalized spacial score (nSPS) is 15.3. The lowest BCUT2D eigenvalue weighted by molar-refractivity contribution is 0.486. The second kappa shape index (κ2) is 12.7. The van der Waals surface area contributed by atoms with Gasteiger partial charge in [-0.2, -0.15) is 0 Å². The Morgan fingerprint density at radius 2 is 0.692 bits per heavy atom. The van der Waals surface area contributed by atoms with Crippen LogP contribution in [0.2, 0.25) is 0 Å². The topological polar surface area (TPSA) is 21.4 Å². The lowest BCUT2D eigenvalue weighted by atomic mass is 9.71. The van der Waals surface area contributed by atoms with E-state index in [0.29, 0.717) is 5.78 Å². The molecule has 0 aromatic rings. The van der Waals surface area contributed by atoms with E-state index in [4.69, 9.17) is 0 Å². The number of hydrogen-bond acceptors (Lipinski definition) is 0. The van der Waals surface area contributed by atoms with Crippen LogP contribution < -0.4 is 0 Å².